The van der Waals surface area contributed by atoms with Crippen LogP contribution in [0.15, 0.2) is 43.0 Å². The van der Waals surface area contributed by atoms with Crippen LogP contribution < -0.4 is 21.3 Å². The van der Waals surface area contributed by atoms with Gasteiger partial charge in [-0.15, -0.1) is 0 Å². The van der Waals surface area contributed by atoms with Crippen molar-refractivity contribution in [3.05, 3.63) is 59.8 Å². The normalized spacial score (nSPS) is 16.7. The number of imidazole rings is 1. The molecule has 1 aromatic carbocycles. The van der Waals surface area contributed by atoms with Crippen molar-refractivity contribution in [2.24, 2.45) is 0 Å². The molecule has 5 N–H and O–H groups in total. The summed E-state index contributed by atoms with van der Waals surface area (Å²) in [6.07, 6.45) is 0.367. The van der Waals surface area contributed by atoms with Gasteiger partial charge in [-0.2, -0.15) is 23.5 Å². The number of nitrogens with zero attached hydrogens (tertiary/aromatic N) is 6. The highest BCUT2D eigenvalue weighted by molar-refractivity contribution is 5.96. The molecule has 1 saturated heterocycles. The average Bonchev–Trinajstić information content (AvgIpc) is 3.69. The number of alkyl halides is 3. The Balaban J connectivity index is 1.27. The Hall–Kier alpha value is -5.01. The summed E-state index contributed by atoms with van der Waals surface area (Å²) in [6.45, 7) is 2.20. The fraction of sp³-hybridized carbons (Fsp3) is 0.333. The van der Waals surface area contributed by atoms with E-state index < -0.39 is 24.0 Å². The molecular formula is C27H27F3N10O3. The van der Waals surface area contributed by atoms with Gasteiger partial charge < -0.3 is 26.4 Å². The molecule has 0 radical (unpaired) electrons. The molecule has 13 nitrogen and oxygen atoms in total. The van der Waals surface area contributed by atoms with E-state index in [4.69, 9.17) is 5.26 Å². The first-order valence-corrected chi connectivity index (χ1v) is 13.2. The van der Waals surface area contributed by atoms with Gasteiger partial charge in [0.25, 0.3) is 5.91 Å². The Bertz CT molecular complexity index is 1710. The Morgan fingerprint density at radius 1 is 1.23 bits per heavy atom. The summed E-state index contributed by atoms with van der Waals surface area (Å²) < 4.78 is 43.5. The molecule has 1 aliphatic rings. The first kappa shape index (κ1) is 29.5. The van der Waals surface area contributed by atoms with Crippen LogP contribution in [0.2, 0.25) is 0 Å². The van der Waals surface area contributed by atoms with Crippen molar-refractivity contribution in [3.8, 4) is 17.3 Å². The van der Waals surface area contributed by atoms with Gasteiger partial charge in [-0.3, -0.25) is 18.7 Å². The van der Waals surface area contributed by atoms with Crippen LogP contribution in [0.1, 0.15) is 28.0 Å². The van der Waals surface area contributed by atoms with Crippen molar-refractivity contribution < 1.29 is 27.9 Å². The van der Waals surface area contributed by atoms with Crippen molar-refractivity contribution in [1.29, 1.82) is 5.26 Å². The zero-order chi connectivity index (χ0) is 30.7. The number of rotatable bonds is 9. The number of β-amino-alcohol motifs (C(OH)–C–C–N with tert-alkyl or cyclic N) is 1. The van der Waals surface area contributed by atoms with E-state index in [2.05, 4.69) is 36.3 Å². The summed E-state index contributed by atoms with van der Waals surface area (Å²) in [5.41, 5.74) is 0.638. The quantitative estimate of drug-likeness (QED) is 0.180. The van der Waals surface area contributed by atoms with Crippen LogP contribution in [0.5, 0.6) is 0 Å². The number of halogens is 3. The van der Waals surface area contributed by atoms with Crippen LogP contribution in [0, 0.1) is 18.3 Å². The number of anilines is 2. The topological polar surface area (TPSA) is 174 Å². The molecule has 0 bridgehead atoms. The third kappa shape index (κ3) is 6.42. The maximum atomic E-state index is 13.7. The number of aliphatic hydroxyl groups excluding tert-OH is 1. The summed E-state index contributed by atoms with van der Waals surface area (Å²) in [5.74, 6) is -0.299. The molecule has 0 spiro atoms. The third-order valence-corrected chi connectivity index (χ3v) is 6.83. The van der Waals surface area contributed by atoms with Crippen molar-refractivity contribution in [3.63, 3.8) is 0 Å². The van der Waals surface area contributed by atoms with Crippen molar-refractivity contribution >= 4 is 29.0 Å². The lowest BCUT2D eigenvalue weighted by atomic mass is 10.1. The number of hydrogen-bond acceptors (Lipinski definition) is 9. The summed E-state index contributed by atoms with van der Waals surface area (Å²) >= 11 is 0. The monoisotopic (exact) mass is 596 g/mol. The van der Waals surface area contributed by atoms with E-state index >= 15 is 0 Å². The molecule has 2 amide bonds. The molecular weight excluding hydrogens is 569 g/mol. The molecule has 0 unspecified atom stereocenters. The SMILES string of the molecule is Cc1cc(Nc2nccn3c(-c4cn(CC#N)nc4C(F)(F)F)cnc23)ccc1C(=O)NCCNC(=O)[C@@H]1C[C@@H](O)CN1. The third-order valence-electron chi connectivity index (χ3n) is 6.83. The molecule has 224 valence electrons. The number of carbonyl (C=O) groups is 2. The molecule has 3 aromatic heterocycles. The summed E-state index contributed by atoms with van der Waals surface area (Å²) in [6, 6.07) is 6.32. The van der Waals surface area contributed by atoms with E-state index in [1.54, 1.807) is 31.2 Å². The number of hydrogen-bond donors (Lipinski definition) is 5. The number of amides is 2. The molecule has 0 aliphatic carbocycles. The summed E-state index contributed by atoms with van der Waals surface area (Å²) in [4.78, 5) is 33.4. The van der Waals surface area contributed by atoms with Crippen LogP contribution >= 0.6 is 0 Å². The number of benzene rings is 1. The zero-order valence-corrected chi connectivity index (χ0v) is 22.8. The minimum Gasteiger partial charge on any atom is -0.392 e. The first-order chi connectivity index (χ1) is 20.5. The Kier molecular flexibility index (Phi) is 8.28. The number of aliphatic hydroxyl groups is 1. The highest BCUT2D eigenvalue weighted by Gasteiger charge is 2.38. The number of fused-ring (bicyclic) bond motifs is 1. The van der Waals surface area contributed by atoms with Gasteiger partial charge in [-0.25, -0.2) is 9.97 Å². The summed E-state index contributed by atoms with van der Waals surface area (Å²) in [7, 11) is 0. The van der Waals surface area contributed by atoms with Gasteiger partial charge in [0.1, 0.15) is 6.54 Å². The van der Waals surface area contributed by atoms with Crippen molar-refractivity contribution in [2.75, 3.05) is 25.0 Å². The smallest absolute Gasteiger partial charge is 0.392 e. The van der Waals surface area contributed by atoms with Gasteiger partial charge in [0.2, 0.25) is 5.91 Å². The predicted octanol–water partition coefficient (Wildman–Crippen LogP) is 1.76. The lowest BCUT2D eigenvalue weighted by Gasteiger charge is -2.13. The Morgan fingerprint density at radius 2 is 2.02 bits per heavy atom. The minimum atomic E-state index is -4.74. The van der Waals surface area contributed by atoms with E-state index in [0.717, 1.165) is 10.9 Å². The number of aromatic nitrogens is 5. The molecule has 2 atom stereocenters. The largest absolute Gasteiger partial charge is 0.435 e. The van der Waals surface area contributed by atoms with Gasteiger partial charge in [0.15, 0.2) is 17.2 Å². The molecule has 0 saturated carbocycles. The lowest BCUT2D eigenvalue weighted by molar-refractivity contribution is -0.141. The molecule has 16 heteroatoms. The Morgan fingerprint density at radius 3 is 2.72 bits per heavy atom. The van der Waals surface area contributed by atoms with Gasteiger partial charge in [-0.05, 0) is 37.1 Å². The standard InChI is InChI=1S/C27H27F3N10O3/c1-15-10-16(2-3-18(15)25(42)33-5-6-34-26(43)20-11-17(41)12-35-20)37-23-24-36-13-21(40(24)9-7-32-23)19-14-39(8-4-31)38-22(19)27(28,29)30/h2-3,7,9-10,13-14,17,20,35,41H,5-6,8,11-12H2,1H3,(H,32,37)(H,33,42)(H,34,43)/t17-,20+/m1/s1. The maximum Gasteiger partial charge on any atom is 0.435 e. The van der Waals surface area contributed by atoms with Gasteiger partial charge in [-0.1, -0.05) is 0 Å². The Labute approximate surface area is 242 Å². The number of nitriles is 1. The van der Waals surface area contributed by atoms with Crippen LogP contribution in [0.25, 0.3) is 16.9 Å². The highest BCUT2D eigenvalue weighted by Crippen LogP contribution is 2.37. The van der Waals surface area contributed by atoms with Crippen LogP contribution in [0.3, 0.4) is 0 Å². The molecule has 5 rings (SSSR count). The van der Waals surface area contributed by atoms with Crippen molar-refractivity contribution in [2.45, 2.75) is 38.2 Å². The van der Waals surface area contributed by atoms with Crippen molar-refractivity contribution in [1.82, 2.24) is 40.1 Å². The zero-order valence-electron chi connectivity index (χ0n) is 22.8. The second kappa shape index (κ2) is 12.1. The highest BCUT2D eigenvalue weighted by atomic mass is 19.4. The van der Waals surface area contributed by atoms with E-state index in [9.17, 15) is 27.9 Å². The molecule has 4 aromatic rings. The first-order valence-electron chi connectivity index (χ1n) is 13.2. The second-order valence-electron chi connectivity index (χ2n) is 9.91. The fourth-order valence-corrected chi connectivity index (χ4v) is 4.81. The molecule has 4 heterocycles. The van der Waals surface area contributed by atoms with Crippen LogP contribution in [-0.4, -0.2) is 72.9 Å². The summed E-state index contributed by atoms with van der Waals surface area (Å²) in [5, 5.41) is 33.5. The van der Waals surface area contributed by atoms with E-state index in [1.807, 2.05) is 0 Å². The molecule has 43 heavy (non-hydrogen) atoms. The fourth-order valence-electron chi connectivity index (χ4n) is 4.81. The van der Waals surface area contributed by atoms with Gasteiger partial charge in [0.05, 0.1) is 35.7 Å². The predicted molar refractivity (Wildman–Crippen MR) is 147 cm³/mol. The van der Waals surface area contributed by atoms with Crippen LogP contribution in [0.4, 0.5) is 24.7 Å². The van der Waals surface area contributed by atoms with E-state index in [0.29, 0.717) is 29.8 Å². The molecule has 1 aliphatic heterocycles. The lowest BCUT2D eigenvalue weighted by Crippen LogP contribution is -2.43. The number of aryl methyl sites for hydroxylation is 1. The van der Waals surface area contributed by atoms with Gasteiger partial charge in [0, 0.05) is 49.5 Å². The van der Waals surface area contributed by atoms with Crippen LogP contribution in [-0.2, 0) is 17.5 Å². The minimum absolute atomic E-state index is 0.119. The number of nitrogens with one attached hydrogen (secondary N) is 4. The van der Waals surface area contributed by atoms with E-state index in [-0.39, 0.29) is 54.2 Å². The second-order valence-corrected chi connectivity index (χ2v) is 9.91. The maximum absolute atomic E-state index is 13.7. The van der Waals surface area contributed by atoms with E-state index in [1.165, 1.54) is 23.0 Å². The average molecular weight is 597 g/mol. The number of carbonyl (C=O) groups excluding carboxylic acids is 2. The molecule has 1 fully saturated rings. The van der Waals surface area contributed by atoms with Gasteiger partial charge >= 0.3 is 6.18 Å².